The second-order valence-corrected chi connectivity index (χ2v) is 5.58. The summed E-state index contributed by atoms with van der Waals surface area (Å²) in [5.41, 5.74) is -0.318. The Kier molecular flexibility index (Phi) is 4.50. The van der Waals surface area contributed by atoms with Crippen LogP contribution in [0, 0.1) is 5.92 Å². The van der Waals surface area contributed by atoms with E-state index < -0.39 is 11.5 Å². The Hall–Kier alpha value is -2.04. The van der Waals surface area contributed by atoms with Crippen LogP contribution in [0.5, 0.6) is 5.75 Å². The number of aliphatic carboxylic acids is 1. The Morgan fingerprint density at radius 3 is 2.43 bits per heavy atom. The van der Waals surface area contributed by atoms with Crippen molar-refractivity contribution in [2.75, 3.05) is 6.61 Å². The first-order chi connectivity index (χ1) is 9.95. The standard InChI is InChI=1S/C16H21NO4/c1-3-21-13-8-4-11(5-9-13)10-14(18)17-16(2,15(19)20)12-6-7-12/h4-5,8-9,12H,3,6-7,10H2,1-2H3,(H,17,18)(H,19,20). The predicted octanol–water partition coefficient (Wildman–Crippen LogP) is 2.00. The fraction of sp³-hybridized carbons (Fsp3) is 0.500. The molecule has 0 saturated heterocycles. The van der Waals surface area contributed by atoms with Gasteiger partial charge in [0.25, 0.3) is 0 Å². The molecule has 1 aromatic carbocycles. The lowest BCUT2D eigenvalue weighted by Gasteiger charge is -2.26. The van der Waals surface area contributed by atoms with E-state index in [1.54, 1.807) is 6.92 Å². The first kappa shape index (κ1) is 15.4. The highest BCUT2D eigenvalue weighted by Gasteiger charge is 2.48. The largest absolute Gasteiger partial charge is 0.494 e. The summed E-state index contributed by atoms with van der Waals surface area (Å²) in [5, 5.41) is 12.0. The number of amides is 1. The van der Waals surface area contributed by atoms with Crippen LogP contribution in [0.4, 0.5) is 0 Å². The predicted molar refractivity (Wildman–Crippen MR) is 78.2 cm³/mol. The summed E-state index contributed by atoms with van der Waals surface area (Å²) in [5.74, 6) is -0.435. The zero-order valence-electron chi connectivity index (χ0n) is 12.4. The molecule has 21 heavy (non-hydrogen) atoms. The smallest absolute Gasteiger partial charge is 0.329 e. The van der Waals surface area contributed by atoms with Crippen molar-refractivity contribution >= 4 is 11.9 Å². The summed E-state index contributed by atoms with van der Waals surface area (Å²) in [7, 11) is 0. The summed E-state index contributed by atoms with van der Waals surface area (Å²) in [6, 6.07) is 7.26. The second-order valence-electron chi connectivity index (χ2n) is 5.58. The molecule has 0 aliphatic heterocycles. The van der Waals surface area contributed by atoms with E-state index in [1.807, 2.05) is 31.2 Å². The molecule has 1 atom stereocenters. The van der Waals surface area contributed by atoms with E-state index in [0.29, 0.717) is 6.61 Å². The van der Waals surface area contributed by atoms with Crippen LogP contribution in [0.15, 0.2) is 24.3 Å². The summed E-state index contributed by atoms with van der Waals surface area (Å²) >= 11 is 0. The van der Waals surface area contributed by atoms with Gasteiger partial charge in [0.05, 0.1) is 13.0 Å². The van der Waals surface area contributed by atoms with E-state index in [-0.39, 0.29) is 18.2 Å². The minimum absolute atomic E-state index is 0.0410. The molecule has 1 amide bonds. The first-order valence-corrected chi connectivity index (χ1v) is 7.22. The van der Waals surface area contributed by atoms with Gasteiger partial charge in [0, 0.05) is 0 Å². The molecule has 0 heterocycles. The third-order valence-corrected chi connectivity index (χ3v) is 3.84. The molecule has 2 N–H and O–H groups in total. The van der Waals surface area contributed by atoms with Crippen molar-refractivity contribution in [1.29, 1.82) is 0 Å². The maximum atomic E-state index is 12.1. The summed E-state index contributed by atoms with van der Waals surface area (Å²) in [6.45, 7) is 4.09. The second kappa shape index (κ2) is 6.16. The van der Waals surface area contributed by atoms with E-state index in [4.69, 9.17) is 4.74 Å². The number of benzene rings is 1. The number of carbonyl (C=O) groups excluding carboxylic acids is 1. The molecule has 114 valence electrons. The Balaban J connectivity index is 1.96. The molecule has 1 unspecified atom stereocenters. The summed E-state index contributed by atoms with van der Waals surface area (Å²) in [6.07, 6.45) is 1.88. The number of nitrogens with one attached hydrogen (secondary N) is 1. The molecule has 5 nitrogen and oxygen atoms in total. The Morgan fingerprint density at radius 2 is 1.95 bits per heavy atom. The van der Waals surface area contributed by atoms with Gasteiger partial charge < -0.3 is 15.2 Å². The van der Waals surface area contributed by atoms with Gasteiger partial charge in [-0.2, -0.15) is 0 Å². The lowest BCUT2D eigenvalue weighted by molar-refractivity contribution is -0.147. The van der Waals surface area contributed by atoms with Gasteiger partial charge in [0.1, 0.15) is 11.3 Å². The van der Waals surface area contributed by atoms with Crippen LogP contribution in [-0.4, -0.2) is 29.1 Å². The van der Waals surface area contributed by atoms with Crippen molar-refractivity contribution in [3.8, 4) is 5.75 Å². The van der Waals surface area contributed by atoms with Crippen LogP contribution < -0.4 is 10.1 Å². The molecule has 1 fully saturated rings. The fourth-order valence-corrected chi connectivity index (χ4v) is 2.38. The van der Waals surface area contributed by atoms with Crippen LogP contribution in [0.3, 0.4) is 0 Å². The van der Waals surface area contributed by atoms with Gasteiger partial charge in [0.2, 0.25) is 5.91 Å². The number of carbonyl (C=O) groups is 2. The van der Waals surface area contributed by atoms with Crippen molar-refractivity contribution < 1.29 is 19.4 Å². The average molecular weight is 291 g/mol. The molecule has 0 radical (unpaired) electrons. The molecule has 1 aliphatic rings. The van der Waals surface area contributed by atoms with Crippen molar-refractivity contribution in [1.82, 2.24) is 5.32 Å². The molecule has 0 bridgehead atoms. The Morgan fingerprint density at radius 1 is 1.33 bits per heavy atom. The van der Waals surface area contributed by atoms with Crippen molar-refractivity contribution in [2.24, 2.45) is 5.92 Å². The van der Waals surface area contributed by atoms with Crippen molar-refractivity contribution in [3.63, 3.8) is 0 Å². The van der Waals surface area contributed by atoms with Gasteiger partial charge in [-0.15, -0.1) is 0 Å². The summed E-state index contributed by atoms with van der Waals surface area (Å²) in [4.78, 5) is 23.4. The lowest BCUT2D eigenvalue weighted by Crippen LogP contribution is -2.54. The molecule has 2 rings (SSSR count). The zero-order valence-corrected chi connectivity index (χ0v) is 12.4. The third-order valence-electron chi connectivity index (χ3n) is 3.84. The monoisotopic (exact) mass is 291 g/mol. The van der Waals surface area contributed by atoms with E-state index in [2.05, 4.69) is 5.32 Å². The van der Waals surface area contributed by atoms with Crippen LogP contribution >= 0.6 is 0 Å². The maximum Gasteiger partial charge on any atom is 0.329 e. The molecule has 0 spiro atoms. The number of rotatable bonds is 7. The number of hydrogen-bond donors (Lipinski definition) is 2. The summed E-state index contributed by atoms with van der Waals surface area (Å²) < 4.78 is 5.34. The number of ether oxygens (including phenoxy) is 1. The molecule has 1 aromatic rings. The van der Waals surface area contributed by atoms with E-state index in [0.717, 1.165) is 24.2 Å². The lowest BCUT2D eigenvalue weighted by atomic mass is 9.95. The van der Waals surface area contributed by atoms with E-state index >= 15 is 0 Å². The normalized spacial score (nSPS) is 16.9. The molecule has 1 aliphatic carbocycles. The van der Waals surface area contributed by atoms with E-state index in [1.165, 1.54) is 0 Å². The van der Waals surface area contributed by atoms with Crippen LogP contribution in [0.2, 0.25) is 0 Å². The van der Waals surface area contributed by atoms with Gasteiger partial charge in [-0.05, 0) is 50.3 Å². The topological polar surface area (TPSA) is 75.6 Å². The molecular weight excluding hydrogens is 270 g/mol. The minimum atomic E-state index is -1.15. The Bertz CT molecular complexity index is 522. The highest BCUT2D eigenvalue weighted by atomic mass is 16.5. The van der Waals surface area contributed by atoms with Crippen LogP contribution in [0.25, 0.3) is 0 Å². The minimum Gasteiger partial charge on any atom is -0.494 e. The Labute approximate surface area is 124 Å². The number of hydrogen-bond acceptors (Lipinski definition) is 3. The SMILES string of the molecule is CCOc1ccc(CC(=O)NC(C)(C(=O)O)C2CC2)cc1. The van der Waals surface area contributed by atoms with E-state index in [9.17, 15) is 14.7 Å². The highest BCUT2D eigenvalue weighted by Crippen LogP contribution is 2.39. The molecule has 1 saturated carbocycles. The number of carboxylic acid groups (broad SMARTS) is 1. The van der Waals surface area contributed by atoms with Gasteiger partial charge in [-0.3, -0.25) is 4.79 Å². The molecular formula is C16H21NO4. The van der Waals surface area contributed by atoms with Crippen molar-refractivity contribution in [2.45, 2.75) is 38.6 Å². The zero-order chi connectivity index (χ0) is 15.5. The third kappa shape index (κ3) is 3.74. The quantitative estimate of drug-likeness (QED) is 0.805. The van der Waals surface area contributed by atoms with Gasteiger partial charge in [-0.25, -0.2) is 4.79 Å². The van der Waals surface area contributed by atoms with Gasteiger partial charge in [-0.1, -0.05) is 12.1 Å². The average Bonchev–Trinajstić information content (AvgIpc) is 3.25. The fourth-order valence-electron chi connectivity index (χ4n) is 2.38. The number of carboxylic acids is 1. The first-order valence-electron chi connectivity index (χ1n) is 7.22. The maximum absolute atomic E-state index is 12.1. The van der Waals surface area contributed by atoms with Gasteiger partial charge >= 0.3 is 5.97 Å². The highest BCUT2D eigenvalue weighted by molar-refractivity contribution is 5.88. The van der Waals surface area contributed by atoms with Gasteiger partial charge in [0.15, 0.2) is 0 Å². The van der Waals surface area contributed by atoms with Crippen molar-refractivity contribution in [3.05, 3.63) is 29.8 Å². The molecule has 5 heteroatoms. The van der Waals surface area contributed by atoms with Crippen LogP contribution in [-0.2, 0) is 16.0 Å². The molecule has 0 aromatic heterocycles. The van der Waals surface area contributed by atoms with Crippen LogP contribution in [0.1, 0.15) is 32.3 Å².